The number of nitrogens with one attached hydrogen (secondary N) is 12. The van der Waals surface area contributed by atoms with Gasteiger partial charge in [-0.3, -0.25) is 62.3 Å². The lowest BCUT2D eigenvalue weighted by molar-refractivity contribution is -0.217. The third kappa shape index (κ3) is 27.9. The minimum Gasteiger partial charge on any atom is -0.387 e. The van der Waals surface area contributed by atoms with Crippen molar-refractivity contribution in [3.8, 4) is 0 Å². The standard InChI is InChI=1S/C72H123N17O15/c1-38(2)33-49-64(95)78-47(25-18-30-75)62(93)86-55(41(7)8)68(99)77-37-54-58(90)59(104-54)71(102)84-51(35-40(5)6)65(96)79-48(26-19-31-76)63(94)87-56(42(9)10)69(100)80-45(23-16-28-73)61(92)83-50(34-39(3)4)66(97)85-52(36-44-21-14-13-15-22-44)72(103)89-32-20-27-53(89)67(98)88-57(43(11)12)70(101)81-46(24-17-29-74)60(91)82-49/h13-15,21-22,38-43,45-59,90H,16-20,23-37,73-76H2,1-12H3,(H,77,99)(H,78,95)(H,79,96)(H,80,100)(H,81,101)(H,82,91)(H,83,92)(H,84,102)(H,85,97)(H,86,93)(H,87,94)(H,88,98)/t45-,46-,47-,48-,49-,50-,51-,52+,53-,54+,55-,56-,57-,58+,59+/m0/s1. The highest BCUT2D eigenvalue weighted by molar-refractivity contribution is 6.00. The summed E-state index contributed by atoms with van der Waals surface area (Å²) in [7, 11) is 0. The molecule has 0 unspecified atom stereocenters. The predicted molar refractivity (Wildman–Crippen MR) is 390 cm³/mol. The number of ether oxygens (including phenoxy) is 1. The Morgan fingerprint density at radius 3 is 1.11 bits per heavy atom. The van der Waals surface area contributed by atoms with Crippen molar-refractivity contribution in [1.29, 1.82) is 0 Å². The SMILES string of the molecule is CC(C)C[C@@H]1NC(=O)[C@H](CCCN)NC(=O)[C@H](C(C)C)NC(=O)[C@@H]2CCCN2C(=O)[C@@H](Cc2ccccc2)NC(=O)[C@H](CC(C)C)NC(=O)[C@H](CCCN)NC(=O)[C@H](C(C)C)NC(=O)[C@H](CCCN)NC(=O)[C@H](CC(C)C)NC(=O)[C@@H]2O[C@H](CNC(=O)[C@H](C(C)C)NC(=O)[C@H](CCCN)NC1=O)[C@H]2O. The molecule has 4 heterocycles. The number of benzene rings is 1. The van der Waals surface area contributed by atoms with E-state index in [4.69, 9.17) is 27.7 Å². The smallest absolute Gasteiger partial charge is 0.252 e. The third-order valence-corrected chi connectivity index (χ3v) is 18.6. The van der Waals surface area contributed by atoms with Crippen molar-refractivity contribution in [3.63, 3.8) is 0 Å². The van der Waals surface area contributed by atoms with Crippen molar-refractivity contribution in [2.24, 2.45) is 58.4 Å². The quantitative estimate of drug-likeness (QED) is 0.0521. The number of nitrogens with two attached hydrogens (primary N) is 4. The monoisotopic (exact) mass is 1470 g/mol. The lowest BCUT2D eigenvalue weighted by Crippen LogP contribution is -2.66. The van der Waals surface area contributed by atoms with Gasteiger partial charge in [-0.25, -0.2) is 0 Å². The summed E-state index contributed by atoms with van der Waals surface area (Å²) in [4.78, 5) is 189. The molecule has 0 spiro atoms. The molecule has 0 aromatic heterocycles. The van der Waals surface area contributed by atoms with Crippen LogP contribution in [0.4, 0.5) is 0 Å². The highest BCUT2D eigenvalue weighted by Gasteiger charge is 2.48. The molecule has 0 saturated carbocycles. The molecule has 4 fully saturated rings. The summed E-state index contributed by atoms with van der Waals surface area (Å²) in [6.45, 7) is 21.1. The fourth-order valence-electron chi connectivity index (χ4n) is 12.7. The molecule has 0 aliphatic carbocycles. The Morgan fingerprint density at radius 2 is 0.740 bits per heavy atom. The Bertz CT molecular complexity index is 3010. The van der Waals surface area contributed by atoms with Crippen molar-refractivity contribution in [2.75, 3.05) is 39.3 Å². The molecule has 15 atom stereocenters. The van der Waals surface area contributed by atoms with Crippen LogP contribution in [0, 0.1) is 35.5 Å². The highest BCUT2D eigenvalue weighted by Crippen LogP contribution is 2.24. The predicted octanol–water partition coefficient (Wildman–Crippen LogP) is -2.13. The molecule has 1 aromatic rings. The maximum atomic E-state index is 15.1. The average Bonchev–Trinajstić information content (AvgIpc) is 0.971. The van der Waals surface area contributed by atoms with E-state index >= 15 is 4.79 Å². The molecule has 1 aromatic carbocycles. The molecule has 4 saturated heterocycles. The molecule has 0 radical (unpaired) electrons. The zero-order valence-corrected chi connectivity index (χ0v) is 63.1. The molecule has 2 bridgehead atoms. The second-order valence-electron chi connectivity index (χ2n) is 30.0. The van der Waals surface area contributed by atoms with E-state index < -0.39 is 185 Å². The van der Waals surface area contributed by atoms with Gasteiger partial charge in [-0.2, -0.15) is 0 Å². The van der Waals surface area contributed by atoms with Crippen LogP contribution in [0.1, 0.15) is 172 Å². The van der Waals surface area contributed by atoms with Crippen LogP contribution < -0.4 is 86.7 Å². The van der Waals surface area contributed by atoms with Gasteiger partial charge in [0.15, 0.2) is 6.10 Å². The number of hydrogen-bond acceptors (Lipinski definition) is 19. The number of carbonyl (C=O) groups is 13. The summed E-state index contributed by atoms with van der Waals surface area (Å²) in [6, 6.07) is -6.44. The molecule has 104 heavy (non-hydrogen) atoms. The topological polar surface area (TPSA) is 503 Å². The molecule has 4 aliphatic rings. The van der Waals surface area contributed by atoms with Crippen molar-refractivity contribution in [3.05, 3.63) is 35.9 Å². The molecule has 13 amide bonds. The van der Waals surface area contributed by atoms with Crippen LogP contribution in [0.5, 0.6) is 0 Å². The van der Waals surface area contributed by atoms with E-state index in [1.54, 1.807) is 85.7 Å². The van der Waals surface area contributed by atoms with Crippen molar-refractivity contribution < 1.29 is 72.2 Å². The molecule has 4 aliphatic heterocycles. The van der Waals surface area contributed by atoms with E-state index in [1.807, 2.05) is 27.7 Å². The average molecular weight is 1470 g/mol. The third-order valence-electron chi connectivity index (χ3n) is 18.6. The first-order valence-corrected chi connectivity index (χ1v) is 37.3. The van der Waals surface area contributed by atoms with Gasteiger partial charge in [0.25, 0.3) is 5.91 Å². The fraction of sp³-hybridized carbons (Fsp3) is 0.736. The van der Waals surface area contributed by atoms with Gasteiger partial charge in [-0.05, 0) is 151 Å². The summed E-state index contributed by atoms with van der Waals surface area (Å²) in [5, 5.41) is 44.4. The Balaban J connectivity index is 1.80. The lowest BCUT2D eigenvalue weighted by atomic mass is 9.97. The molecule has 21 N–H and O–H groups in total. The number of aliphatic hydroxyl groups is 1. The van der Waals surface area contributed by atoms with Gasteiger partial charge >= 0.3 is 0 Å². The van der Waals surface area contributed by atoms with Gasteiger partial charge in [0.1, 0.15) is 84.7 Å². The minimum atomic E-state index is -1.50. The van der Waals surface area contributed by atoms with E-state index in [-0.39, 0.29) is 140 Å². The van der Waals surface area contributed by atoms with E-state index in [0.717, 1.165) is 0 Å². The van der Waals surface area contributed by atoms with Crippen LogP contribution >= 0.6 is 0 Å². The van der Waals surface area contributed by atoms with Crippen LogP contribution in [0.3, 0.4) is 0 Å². The highest BCUT2D eigenvalue weighted by atomic mass is 16.6. The van der Waals surface area contributed by atoms with E-state index in [1.165, 1.54) is 4.90 Å². The Labute approximate surface area is 612 Å². The van der Waals surface area contributed by atoms with Crippen LogP contribution in [0.2, 0.25) is 0 Å². The summed E-state index contributed by atoms with van der Waals surface area (Å²) >= 11 is 0. The van der Waals surface area contributed by atoms with E-state index in [0.29, 0.717) is 12.0 Å². The van der Waals surface area contributed by atoms with Crippen LogP contribution in [0.25, 0.3) is 0 Å². The first-order valence-electron chi connectivity index (χ1n) is 37.3. The van der Waals surface area contributed by atoms with Crippen molar-refractivity contribution in [1.82, 2.24) is 68.7 Å². The van der Waals surface area contributed by atoms with Gasteiger partial charge in [0, 0.05) is 19.5 Å². The second-order valence-corrected chi connectivity index (χ2v) is 30.0. The molecule has 5 rings (SSSR count). The summed E-state index contributed by atoms with van der Waals surface area (Å²) < 4.78 is 5.78. The first-order chi connectivity index (χ1) is 49.2. The van der Waals surface area contributed by atoms with Crippen molar-refractivity contribution >= 4 is 76.8 Å². The largest absolute Gasteiger partial charge is 0.387 e. The maximum absolute atomic E-state index is 15.1. The number of fused-ring (bicyclic) bond motifs is 35. The molecule has 586 valence electrons. The molecular weight excluding hydrogens is 1340 g/mol. The van der Waals surface area contributed by atoms with Crippen LogP contribution in [-0.2, 0) is 73.5 Å². The van der Waals surface area contributed by atoms with E-state index in [9.17, 15) is 62.6 Å². The zero-order valence-electron chi connectivity index (χ0n) is 63.1. The Morgan fingerprint density at radius 1 is 0.413 bits per heavy atom. The Hall–Kier alpha value is -7.91. The van der Waals surface area contributed by atoms with Gasteiger partial charge in [0.05, 0.1) is 0 Å². The van der Waals surface area contributed by atoms with Crippen LogP contribution in [-0.4, -0.2) is 217 Å². The number of aliphatic hydroxyl groups excluding tert-OH is 1. The second kappa shape index (κ2) is 44.1. The number of amides is 13. The van der Waals surface area contributed by atoms with Crippen LogP contribution in [0.15, 0.2) is 30.3 Å². The Kier molecular flexibility index (Phi) is 37.6. The van der Waals surface area contributed by atoms with E-state index in [2.05, 4.69) is 63.8 Å². The number of rotatable bonds is 23. The minimum absolute atomic E-state index is 0.00449. The lowest BCUT2D eigenvalue weighted by Gasteiger charge is -2.41. The summed E-state index contributed by atoms with van der Waals surface area (Å²) in [6.07, 6.45) is -2.45. The van der Waals surface area contributed by atoms with Gasteiger partial charge in [-0.15, -0.1) is 0 Å². The number of carbonyl (C=O) groups excluding carboxylic acids is 13. The summed E-state index contributed by atoms with van der Waals surface area (Å²) in [5.74, 6) is -12.2. The fourth-order valence-corrected chi connectivity index (χ4v) is 12.7. The molecule has 32 heteroatoms. The molecular formula is C72H123N17O15. The normalized spacial score (nSPS) is 28.1. The number of nitrogens with zero attached hydrogens (tertiary/aromatic N) is 1. The van der Waals surface area contributed by atoms with Crippen molar-refractivity contribution in [2.45, 2.75) is 264 Å². The van der Waals surface area contributed by atoms with Gasteiger partial charge in [-0.1, -0.05) is 113 Å². The zero-order chi connectivity index (χ0) is 77.7. The van der Waals surface area contributed by atoms with Gasteiger partial charge in [0.2, 0.25) is 70.9 Å². The summed E-state index contributed by atoms with van der Waals surface area (Å²) in [5.41, 5.74) is 24.3. The maximum Gasteiger partial charge on any atom is 0.252 e. The first kappa shape index (κ1) is 88.5. The molecule has 32 nitrogen and oxygen atoms in total. The van der Waals surface area contributed by atoms with Gasteiger partial charge < -0.3 is 101 Å². The number of hydrogen-bond donors (Lipinski definition) is 17.